The standard InChI is InChI=1S/C25H30ClN3O4S/c1-18(2)29-22(15-27-25(29)34(31,32)17-20-9-7-10-21(26)14-20)16-28(12-13-33-4)24(30)23-11-6-5-8-19(23)3/h5-11,14-15,18H,12-13,16-17H2,1-4H3. The Labute approximate surface area is 206 Å². The molecule has 0 aliphatic carbocycles. The number of rotatable bonds is 10. The lowest BCUT2D eigenvalue weighted by Crippen LogP contribution is -2.35. The third-order valence-electron chi connectivity index (χ3n) is 5.46. The third-order valence-corrected chi connectivity index (χ3v) is 7.27. The van der Waals surface area contributed by atoms with Crippen LogP contribution in [0.5, 0.6) is 0 Å². The number of hydrogen-bond acceptors (Lipinski definition) is 5. The highest BCUT2D eigenvalue weighted by atomic mass is 35.5. The van der Waals surface area contributed by atoms with Crippen LogP contribution < -0.4 is 0 Å². The number of sulfone groups is 1. The zero-order valence-electron chi connectivity index (χ0n) is 19.9. The molecule has 9 heteroatoms. The fraction of sp³-hybridized carbons (Fsp3) is 0.360. The summed E-state index contributed by atoms with van der Waals surface area (Å²) in [6.45, 7) is 6.60. The maximum atomic E-state index is 13.3. The summed E-state index contributed by atoms with van der Waals surface area (Å²) in [6, 6.07) is 14.0. The van der Waals surface area contributed by atoms with Crippen molar-refractivity contribution in [1.82, 2.24) is 14.5 Å². The van der Waals surface area contributed by atoms with Crippen LogP contribution in [0.4, 0.5) is 0 Å². The molecule has 0 unspecified atom stereocenters. The number of aryl methyl sites for hydroxylation is 1. The minimum atomic E-state index is -3.75. The first kappa shape index (κ1) is 25.9. The van der Waals surface area contributed by atoms with Gasteiger partial charge in [0, 0.05) is 30.3 Å². The average molecular weight is 504 g/mol. The predicted molar refractivity (Wildman–Crippen MR) is 133 cm³/mol. The molecule has 7 nitrogen and oxygen atoms in total. The van der Waals surface area contributed by atoms with Crippen molar-refractivity contribution in [2.75, 3.05) is 20.3 Å². The molecule has 3 aromatic rings. The molecular formula is C25H30ClN3O4S. The van der Waals surface area contributed by atoms with Crippen LogP contribution in [-0.4, -0.2) is 49.0 Å². The summed E-state index contributed by atoms with van der Waals surface area (Å²) >= 11 is 6.03. The highest BCUT2D eigenvalue weighted by molar-refractivity contribution is 7.90. The van der Waals surface area contributed by atoms with Gasteiger partial charge in [-0.15, -0.1) is 0 Å². The summed E-state index contributed by atoms with van der Waals surface area (Å²) < 4.78 is 33.5. The molecule has 1 heterocycles. The van der Waals surface area contributed by atoms with Gasteiger partial charge in [0.05, 0.1) is 30.8 Å². The number of aromatic nitrogens is 2. The van der Waals surface area contributed by atoms with Crippen molar-refractivity contribution in [3.05, 3.63) is 82.1 Å². The van der Waals surface area contributed by atoms with Crippen molar-refractivity contribution in [2.24, 2.45) is 0 Å². The van der Waals surface area contributed by atoms with Crippen LogP contribution in [0.3, 0.4) is 0 Å². The number of benzene rings is 2. The lowest BCUT2D eigenvalue weighted by molar-refractivity contribution is 0.0674. The quantitative estimate of drug-likeness (QED) is 0.401. The monoisotopic (exact) mass is 503 g/mol. The average Bonchev–Trinajstić information content (AvgIpc) is 3.21. The second-order valence-electron chi connectivity index (χ2n) is 8.42. The van der Waals surface area contributed by atoms with Crippen molar-refractivity contribution in [3.63, 3.8) is 0 Å². The van der Waals surface area contributed by atoms with Crippen LogP contribution in [0.25, 0.3) is 0 Å². The van der Waals surface area contributed by atoms with E-state index in [9.17, 15) is 13.2 Å². The first-order valence-corrected chi connectivity index (χ1v) is 13.0. The minimum Gasteiger partial charge on any atom is -0.383 e. The highest BCUT2D eigenvalue weighted by Gasteiger charge is 2.27. The van der Waals surface area contributed by atoms with Crippen molar-refractivity contribution in [2.45, 2.75) is 44.3 Å². The second kappa shape index (κ2) is 11.2. The zero-order chi connectivity index (χ0) is 24.9. The Hall–Kier alpha value is -2.68. The molecule has 0 bridgehead atoms. The zero-order valence-corrected chi connectivity index (χ0v) is 21.4. The summed E-state index contributed by atoms with van der Waals surface area (Å²) in [4.78, 5) is 19.3. The van der Waals surface area contributed by atoms with Gasteiger partial charge < -0.3 is 14.2 Å². The molecule has 0 N–H and O–H groups in total. The molecule has 2 aromatic carbocycles. The van der Waals surface area contributed by atoms with Gasteiger partial charge >= 0.3 is 0 Å². The van der Waals surface area contributed by atoms with Crippen molar-refractivity contribution in [1.29, 1.82) is 0 Å². The summed E-state index contributed by atoms with van der Waals surface area (Å²) in [5.74, 6) is -0.360. The lowest BCUT2D eigenvalue weighted by atomic mass is 10.1. The number of carbonyl (C=O) groups excluding carboxylic acids is 1. The molecule has 0 fully saturated rings. The van der Waals surface area contributed by atoms with E-state index in [4.69, 9.17) is 16.3 Å². The van der Waals surface area contributed by atoms with Gasteiger partial charge in [0.15, 0.2) is 0 Å². The Morgan fingerprint density at radius 1 is 1.18 bits per heavy atom. The van der Waals surface area contributed by atoms with Gasteiger partial charge in [-0.05, 0) is 50.1 Å². The molecule has 1 amide bonds. The van der Waals surface area contributed by atoms with Crippen LogP contribution in [0.1, 0.15) is 47.1 Å². The predicted octanol–water partition coefficient (Wildman–Crippen LogP) is 4.69. The number of imidazole rings is 1. The van der Waals surface area contributed by atoms with Gasteiger partial charge in [-0.25, -0.2) is 13.4 Å². The van der Waals surface area contributed by atoms with Crippen LogP contribution in [0, 0.1) is 6.92 Å². The van der Waals surface area contributed by atoms with E-state index in [0.29, 0.717) is 35.0 Å². The van der Waals surface area contributed by atoms with Crippen LogP contribution >= 0.6 is 11.6 Å². The van der Waals surface area contributed by atoms with Crippen molar-refractivity contribution < 1.29 is 17.9 Å². The van der Waals surface area contributed by atoms with E-state index < -0.39 is 9.84 Å². The normalized spacial score (nSPS) is 11.7. The molecule has 0 saturated heterocycles. The Morgan fingerprint density at radius 2 is 1.91 bits per heavy atom. The summed E-state index contributed by atoms with van der Waals surface area (Å²) in [5, 5.41) is 0.455. The Balaban J connectivity index is 1.95. The Morgan fingerprint density at radius 3 is 2.56 bits per heavy atom. The number of amides is 1. The van der Waals surface area contributed by atoms with Gasteiger partial charge in [-0.1, -0.05) is 41.9 Å². The highest BCUT2D eigenvalue weighted by Crippen LogP contribution is 2.24. The largest absolute Gasteiger partial charge is 0.383 e. The number of halogens is 1. The Kier molecular flexibility index (Phi) is 8.52. The maximum Gasteiger partial charge on any atom is 0.254 e. The molecular weight excluding hydrogens is 474 g/mol. The number of methoxy groups -OCH3 is 1. The third kappa shape index (κ3) is 6.05. The first-order chi connectivity index (χ1) is 16.1. The topological polar surface area (TPSA) is 81.5 Å². The van der Waals surface area contributed by atoms with Gasteiger partial charge in [-0.3, -0.25) is 4.79 Å². The molecule has 0 radical (unpaired) electrons. The summed E-state index contributed by atoms with van der Waals surface area (Å²) in [5.41, 5.74) is 2.70. The molecule has 0 aliphatic heterocycles. The molecule has 182 valence electrons. The van der Waals surface area contributed by atoms with Crippen molar-refractivity contribution in [3.8, 4) is 0 Å². The van der Waals surface area contributed by atoms with Crippen LogP contribution in [0.15, 0.2) is 59.9 Å². The van der Waals surface area contributed by atoms with Gasteiger partial charge in [0.25, 0.3) is 5.91 Å². The molecule has 0 saturated carbocycles. The van der Waals surface area contributed by atoms with Gasteiger partial charge in [-0.2, -0.15) is 0 Å². The van der Waals surface area contributed by atoms with E-state index in [1.807, 2.05) is 39.0 Å². The SMILES string of the molecule is COCCN(Cc1cnc(S(=O)(=O)Cc2cccc(Cl)c2)n1C(C)C)C(=O)c1ccccc1C. The van der Waals surface area contributed by atoms with E-state index in [0.717, 1.165) is 5.56 Å². The molecule has 0 spiro atoms. The van der Waals surface area contributed by atoms with E-state index in [-0.39, 0.29) is 29.4 Å². The maximum absolute atomic E-state index is 13.3. The molecule has 1 aromatic heterocycles. The number of ether oxygens (including phenoxy) is 1. The van der Waals surface area contributed by atoms with E-state index in [1.54, 1.807) is 46.9 Å². The Bertz CT molecular complexity index is 1250. The van der Waals surface area contributed by atoms with Crippen LogP contribution in [-0.2, 0) is 26.9 Å². The lowest BCUT2D eigenvalue weighted by Gasteiger charge is -2.25. The number of carbonyl (C=O) groups is 1. The van der Waals surface area contributed by atoms with E-state index in [2.05, 4.69) is 4.98 Å². The van der Waals surface area contributed by atoms with Gasteiger partial charge in [0.1, 0.15) is 0 Å². The molecule has 0 atom stereocenters. The van der Waals surface area contributed by atoms with Gasteiger partial charge in [0.2, 0.25) is 15.0 Å². The fourth-order valence-corrected chi connectivity index (χ4v) is 5.62. The minimum absolute atomic E-state index is 0.0208. The fourth-order valence-electron chi connectivity index (χ4n) is 3.82. The van der Waals surface area contributed by atoms with E-state index >= 15 is 0 Å². The molecule has 3 rings (SSSR count). The smallest absolute Gasteiger partial charge is 0.254 e. The van der Waals surface area contributed by atoms with Crippen molar-refractivity contribution >= 4 is 27.3 Å². The number of hydrogen-bond donors (Lipinski definition) is 0. The van der Waals surface area contributed by atoms with E-state index in [1.165, 1.54) is 6.20 Å². The first-order valence-electron chi connectivity index (χ1n) is 11.0. The summed E-state index contributed by atoms with van der Waals surface area (Å²) in [6.07, 6.45) is 1.54. The summed E-state index contributed by atoms with van der Waals surface area (Å²) in [7, 11) is -2.17. The van der Waals surface area contributed by atoms with Crippen LogP contribution in [0.2, 0.25) is 5.02 Å². The second-order valence-corrected chi connectivity index (χ2v) is 10.7. The molecule has 34 heavy (non-hydrogen) atoms. The molecule has 0 aliphatic rings. The number of nitrogens with zero attached hydrogens (tertiary/aromatic N) is 3.